The Kier molecular flexibility index (Phi) is 5.51. The summed E-state index contributed by atoms with van der Waals surface area (Å²) in [6, 6.07) is 0. The molecule has 2 N–H and O–H groups in total. The molecule has 0 saturated carbocycles. The van der Waals surface area contributed by atoms with Crippen LogP contribution >= 0.6 is 0 Å². The quantitative estimate of drug-likeness (QED) is 0.646. The fraction of sp³-hybridized carbons (Fsp3) is 1.00. The highest BCUT2D eigenvalue weighted by molar-refractivity contribution is 4.71. The Morgan fingerprint density at radius 2 is 1.83 bits per heavy atom. The van der Waals surface area contributed by atoms with Gasteiger partial charge in [0.1, 0.15) is 0 Å². The molecular formula is C10H22O2. The van der Waals surface area contributed by atoms with Crippen LogP contribution < -0.4 is 0 Å². The zero-order valence-corrected chi connectivity index (χ0v) is 8.51. The minimum atomic E-state index is -0.663. The van der Waals surface area contributed by atoms with Gasteiger partial charge in [0.25, 0.3) is 0 Å². The lowest BCUT2D eigenvalue weighted by atomic mass is 9.93. The predicted octanol–water partition coefficient (Wildman–Crippen LogP) is 1.95. The highest BCUT2D eigenvalue weighted by atomic mass is 16.3. The molecule has 12 heavy (non-hydrogen) atoms. The third-order valence-corrected chi connectivity index (χ3v) is 2.15. The maximum Gasteiger partial charge on any atom is 0.0641 e. The van der Waals surface area contributed by atoms with Crippen LogP contribution in [0.15, 0.2) is 0 Å². The van der Waals surface area contributed by atoms with Crippen LogP contribution in [0.5, 0.6) is 0 Å². The van der Waals surface area contributed by atoms with Crippen molar-refractivity contribution in [2.75, 3.05) is 6.61 Å². The van der Waals surface area contributed by atoms with Gasteiger partial charge in [0.2, 0.25) is 0 Å². The third-order valence-electron chi connectivity index (χ3n) is 2.15. The molecule has 0 aliphatic carbocycles. The lowest BCUT2D eigenvalue weighted by molar-refractivity contribution is 0.0226. The predicted molar refractivity (Wildman–Crippen MR) is 51.0 cm³/mol. The summed E-state index contributed by atoms with van der Waals surface area (Å²) in [5.41, 5.74) is -0.663. The van der Waals surface area contributed by atoms with Gasteiger partial charge in [0.15, 0.2) is 0 Å². The van der Waals surface area contributed by atoms with E-state index in [1.807, 2.05) is 0 Å². The smallest absolute Gasteiger partial charge is 0.0641 e. The van der Waals surface area contributed by atoms with Crippen molar-refractivity contribution in [3.63, 3.8) is 0 Å². The van der Waals surface area contributed by atoms with Gasteiger partial charge in [-0.25, -0.2) is 0 Å². The van der Waals surface area contributed by atoms with Crippen LogP contribution in [-0.2, 0) is 0 Å². The first kappa shape index (κ1) is 11.9. The Morgan fingerprint density at radius 1 is 1.25 bits per heavy atom. The first-order valence-electron chi connectivity index (χ1n) is 4.81. The van der Waals surface area contributed by atoms with Gasteiger partial charge in [0, 0.05) is 6.61 Å². The standard InChI is InChI=1S/C10H22O2/c1-9(2)5-4-6-10(3,12)7-8-11/h9,11-12H,4-8H2,1-3H3/t10-/m0/s1. The van der Waals surface area contributed by atoms with Gasteiger partial charge in [-0.3, -0.25) is 0 Å². The molecule has 0 unspecified atom stereocenters. The van der Waals surface area contributed by atoms with Gasteiger partial charge in [-0.2, -0.15) is 0 Å². The van der Waals surface area contributed by atoms with Crippen molar-refractivity contribution in [3.05, 3.63) is 0 Å². The van der Waals surface area contributed by atoms with Gasteiger partial charge in [0.05, 0.1) is 5.60 Å². The van der Waals surface area contributed by atoms with Crippen molar-refractivity contribution >= 4 is 0 Å². The Balaban J connectivity index is 3.46. The Hall–Kier alpha value is -0.0800. The maximum atomic E-state index is 9.67. The SMILES string of the molecule is CC(C)CCC[C@](C)(O)CCO. The van der Waals surface area contributed by atoms with Gasteiger partial charge in [-0.05, 0) is 25.7 Å². The summed E-state index contributed by atoms with van der Waals surface area (Å²) in [5.74, 6) is 0.704. The average Bonchev–Trinajstić information content (AvgIpc) is 1.85. The van der Waals surface area contributed by atoms with Crippen molar-refractivity contribution in [1.82, 2.24) is 0 Å². The topological polar surface area (TPSA) is 40.5 Å². The highest BCUT2D eigenvalue weighted by Crippen LogP contribution is 2.19. The summed E-state index contributed by atoms with van der Waals surface area (Å²) in [4.78, 5) is 0. The number of hydrogen-bond acceptors (Lipinski definition) is 2. The van der Waals surface area contributed by atoms with E-state index in [1.165, 1.54) is 0 Å². The van der Waals surface area contributed by atoms with Gasteiger partial charge in [-0.1, -0.05) is 26.7 Å². The minimum absolute atomic E-state index is 0.0781. The maximum absolute atomic E-state index is 9.67. The van der Waals surface area contributed by atoms with Crippen LogP contribution in [0.2, 0.25) is 0 Å². The first-order chi connectivity index (χ1) is 5.48. The van der Waals surface area contributed by atoms with E-state index in [9.17, 15) is 5.11 Å². The molecule has 1 atom stereocenters. The second-order valence-corrected chi connectivity index (χ2v) is 4.26. The molecule has 0 rings (SSSR count). The second kappa shape index (κ2) is 5.55. The summed E-state index contributed by atoms with van der Waals surface area (Å²) >= 11 is 0. The van der Waals surface area contributed by atoms with Crippen molar-refractivity contribution < 1.29 is 10.2 Å². The molecule has 0 saturated heterocycles. The molecule has 2 nitrogen and oxygen atoms in total. The van der Waals surface area contributed by atoms with E-state index >= 15 is 0 Å². The Bertz CT molecular complexity index is 108. The van der Waals surface area contributed by atoms with Crippen LogP contribution in [0.25, 0.3) is 0 Å². The normalized spacial score (nSPS) is 16.5. The summed E-state index contributed by atoms with van der Waals surface area (Å²) in [6.07, 6.45) is 3.49. The zero-order chi connectivity index (χ0) is 9.61. The number of aliphatic hydroxyl groups excluding tert-OH is 1. The van der Waals surface area contributed by atoms with Crippen molar-refractivity contribution in [2.45, 2.75) is 52.1 Å². The number of hydrogen-bond donors (Lipinski definition) is 2. The van der Waals surface area contributed by atoms with Crippen LogP contribution in [-0.4, -0.2) is 22.4 Å². The fourth-order valence-electron chi connectivity index (χ4n) is 1.26. The molecule has 0 aliphatic heterocycles. The monoisotopic (exact) mass is 174 g/mol. The molecule has 2 heteroatoms. The summed E-state index contributed by atoms with van der Waals surface area (Å²) < 4.78 is 0. The van der Waals surface area contributed by atoms with Crippen LogP contribution in [0.4, 0.5) is 0 Å². The highest BCUT2D eigenvalue weighted by Gasteiger charge is 2.18. The van der Waals surface area contributed by atoms with E-state index in [4.69, 9.17) is 5.11 Å². The second-order valence-electron chi connectivity index (χ2n) is 4.26. The molecule has 0 aromatic rings. The molecule has 0 heterocycles. The molecule has 0 amide bonds. The molecule has 0 spiro atoms. The van der Waals surface area contributed by atoms with E-state index in [-0.39, 0.29) is 6.61 Å². The summed E-state index contributed by atoms with van der Waals surface area (Å²) in [5, 5.41) is 18.3. The van der Waals surface area contributed by atoms with E-state index in [0.717, 1.165) is 19.3 Å². The third kappa shape index (κ3) is 6.62. The van der Waals surface area contributed by atoms with E-state index < -0.39 is 5.60 Å². The van der Waals surface area contributed by atoms with Gasteiger partial charge < -0.3 is 10.2 Å². The van der Waals surface area contributed by atoms with E-state index in [2.05, 4.69) is 13.8 Å². The van der Waals surface area contributed by atoms with Crippen LogP contribution in [0.1, 0.15) is 46.5 Å². The molecule has 0 bridgehead atoms. The number of aliphatic hydroxyl groups is 2. The van der Waals surface area contributed by atoms with Crippen LogP contribution in [0.3, 0.4) is 0 Å². The fourth-order valence-corrected chi connectivity index (χ4v) is 1.26. The van der Waals surface area contributed by atoms with Gasteiger partial charge in [-0.15, -0.1) is 0 Å². The largest absolute Gasteiger partial charge is 0.396 e. The zero-order valence-electron chi connectivity index (χ0n) is 8.51. The molecule has 74 valence electrons. The summed E-state index contributed by atoms with van der Waals surface area (Å²) in [7, 11) is 0. The molecule has 0 aromatic heterocycles. The first-order valence-corrected chi connectivity index (χ1v) is 4.81. The van der Waals surface area contributed by atoms with E-state index in [0.29, 0.717) is 12.3 Å². The molecule has 0 aliphatic rings. The van der Waals surface area contributed by atoms with Crippen LogP contribution in [0, 0.1) is 5.92 Å². The lowest BCUT2D eigenvalue weighted by Crippen LogP contribution is -2.25. The summed E-state index contributed by atoms with van der Waals surface area (Å²) in [6.45, 7) is 6.24. The van der Waals surface area contributed by atoms with Crippen molar-refractivity contribution in [3.8, 4) is 0 Å². The molecule has 0 radical (unpaired) electrons. The Labute approximate surface area is 75.6 Å². The van der Waals surface area contributed by atoms with Crippen molar-refractivity contribution in [1.29, 1.82) is 0 Å². The molecular weight excluding hydrogens is 152 g/mol. The number of rotatable bonds is 6. The van der Waals surface area contributed by atoms with Gasteiger partial charge >= 0.3 is 0 Å². The van der Waals surface area contributed by atoms with E-state index in [1.54, 1.807) is 6.92 Å². The molecule has 0 fully saturated rings. The lowest BCUT2D eigenvalue weighted by Gasteiger charge is -2.22. The molecule has 0 aromatic carbocycles. The average molecular weight is 174 g/mol. The minimum Gasteiger partial charge on any atom is -0.396 e. The van der Waals surface area contributed by atoms with Crippen molar-refractivity contribution in [2.24, 2.45) is 5.92 Å². The Morgan fingerprint density at radius 3 is 2.25 bits per heavy atom.